The van der Waals surface area contributed by atoms with Gasteiger partial charge in [0.1, 0.15) is 0 Å². The summed E-state index contributed by atoms with van der Waals surface area (Å²) in [4.78, 5) is 82.8. The monoisotopic (exact) mass is 771 g/mol. The van der Waals surface area contributed by atoms with Crippen molar-refractivity contribution in [1.29, 1.82) is 0 Å². The summed E-state index contributed by atoms with van der Waals surface area (Å²) in [5.74, 6) is -0.957. The molecule has 4 N–H and O–H groups in total. The number of imide groups is 1. The van der Waals surface area contributed by atoms with Crippen molar-refractivity contribution in [1.82, 2.24) is 31.1 Å². The van der Waals surface area contributed by atoms with Gasteiger partial charge in [0.05, 0.1) is 37.5 Å². The molecule has 0 spiro atoms. The Hall–Kier alpha value is -3.32. The van der Waals surface area contributed by atoms with Crippen LogP contribution in [-0.4, -0.2) is 102 Å². The first-order valence-corrected chi connectivity index (χ1v) is 20.8. The van der Waals surface area contributed by atoms with Crippen LogP contribution >= 0.6 is 0 Å². The van der Waals surface area contributed by atoms with Gasteiger partial charge in [-0.3, -0.25) is 33.8 Å². The smallest absolute Gasteiger partial charge is 0.315 e. The molecule has 4 rings (SSSR count). The number of Topliss-reactive ketones (excluding diaryl/α,β-unsaturated/α-hetero) is 1. The van der Waals surface area contributed by atoms with E-state index in [1.165, 1.54) is 11.0 Å². The summed E-state index contributed by atoms with van der Waals surface area (Å²) >= 11 is 0. The second kappa shape index (κ2) is 19.7. The highest BCUT2D eigenvalue weighted by Crippen LogP contribution is 2.34. The predicted octanol–water partition coefficient (Wildman–Crippen LogP) is 4.69. The van der Waals surface area contributed by atoms with E-state index in [-0.39, 0.29) is 86.3 Å². The number of ether oxygens (including phenoxy) is 1. The molecule has 4 fully saturated rings. The molecular formula is C42H70N6O7. The Balaban J connectivity index is 1.41. The van der Waals surface area contributed by atoms with Crippen LogP contribution < -0.4 is 21.3 Å². The summed E-state index contributed by atoms with van der Waals surface area (Å²) in [6, 6.07) is -2.54. The highest BCUT2D eigenvalue weighted by molar-refractivity contribution is 6.38. The number of nitrogens with one attached hydrogen (secondary N) is 4. The van der Waals surface area contributed by atoms with Gasteiger partial charge in [-0.25, -0.2) is 4.79 Å². The van der Waals surface area contributed by atoms with Crippen molar-refractivity contribution in [3.05, 3.63) is 12.7 Å². The quantitative estimate of drug-likeness (QED) is 0.0886. The van der Waals surface area contributed by atoms with Crippen LogP contribution in [0, 0.1) is 34.5 Å². The van der Waals surface area contributed by atoms with Crippen LogP contribution in [-0.2, 0) is 28.7 Å². The molecule has 0 aromatic carbocycles. The van der Waals surface area contributed by atoms with Crippen molar-refractivity contribution in [2.75, 3.05) is 33.0 Å². The van der Waals surface area contributed by atoms with Gasteiger partial charge in [0.25, 0.3) is 5.91 Å². The maximum Gasteiger partial charge on any atom is 0.315 e. The molecule has 0 bridgehead atoms. The third-order valence-electron chi connectivity index (χ3n) is 12.4. The first-order valence-electron chi connectivity index (χ1n) is 20.8. The van der Waals surface area contributed by atoms with Crippen LogP contribution in [0.15, 0.2) is 12.7 Å². The molecule has 2 saturated carbocycles. The van der Waals surface area contributed by atoms with E-state index < -0.39 is 35.2 Å². The van der Waals surface area contributed by atoms with Crippen LogP contribution in [0.4, 0.5) is 4.79 Å². The SMILES string of the molecule is C=CCNC(=O)C(=O)C(CC1CCC1)NC(=O)[C@@H]1C[C@@H](C(C)C)CN1COC[C@@H](NC(=O)N[C@H](CN1C(=O)CC(C)(C)CC1=O)C(C)(C)C)C1CCCCC1. The molecule has 0 aromatic rings. The number of urea groups is 1. The topological polar surface area (TPSA) is 166 Å². The van der Waals surface area contributed by atoms with Gasteiger partial charge >= 0.3 is 6.03 Å². The summed E-state index contributed by atoms with van der Waals surface area (Å²) in [6.07, 6.45) is 11.4. The van der Waals surface area contributed by atoms with E-state index in [1.807, 2.05) is 39.5 Å². The molecule has 2 heterocycles. The van der Waals surface area contributed by atoms with E-state index in [2.05, 4.69) is 41.7 Å². The van der Waals surface area contributed by atoms with Crippen LogP contribution in [0.1, 0.15) is 126 Å². The molecule has 4 aliphatic rings. The maximum atomic E-state index is 13.9. The van der Waals surface area contributed by atoms with Crippen LogP contribution in [0.5, 0.6) is 0 Å². The Morgan fingerprint density at radius 1 is 0.927 bits per heavy atom. The van der Waals surface area contributed by atoms with E-state index in [9.17, 15) is 28.8 Å². The van der Waals surface area contributed by atoms with Gasteiger partial charge in [0.15, 0.2) is 0 Å². The average Bonchev–Trinajstić information content (AvgIpc) is 3.52. The molecule has 0 radical (unpaired) electrons. The zero-order chi connectivity index (χ0) is 40.5. The number of hydrogen-bond acceptors (Lipinski definition) is 8. The zero-order valence-corrected chi connectivity index (χ0v) is 34.7. The first-order chi connectivity index (χ1) is 25.9. The normalized spacial score (nSPS) is 24.1. The number of ketones is 1. The van der Waals surface area contributed by atoms with Crippen LogP contribution in [0.25, 0.3) is 0 Å². The van der Waals surface area contributed by atoms with Crippen LogP contribution in [0.3, 0.4) is 0 Å². The number of amides is 6. The second-order valence-electron chi connectivity index (χ2n) is 18.9. The zero-order valence-electron chi connectivity index (χ0n) is 34.7. The van der Waals surface area contributed by atoms with E-state index in [4.69, 9.17) is 4.74 Å². The van der Waals surface area contributed by atoms with E-state index in [1.54, 1.807) is 0 Å². The van der Waals surface area contributed by atoms with Gasteiger partial charge in [-0.2, -0.15) is 0 Å². The van der Waals surface area contributed by atoms with E-state index >= 15 is 0 Å². The molecule has 2 aliphatic heterocycles. The standard InChI is InChI=1S/C42H70N6O7/c1-9-18-43-39(53)37(51)31(19-28-14-13-15-28)44-38(52)33-20-30(27(2)3)23-47(33)26-55-25-32(29-16-11-10-12-17-29)45-40(54)46-34(41(4,5)6)24-48-35(49)21-42(7,8)22-36(48)50/h9,27-34H,1,10-26H2,2-8H3,(H,43,53)(H,44,52)(H2,45,46,54)/t30-,31?,32-,33+,34-/m1/s1. The number of piperidine rings is 1. The fourth-order valence-corrected chi connectivity index (χ4v) is 8.44. The molecule has 5 atom stereocenters. The molecule has 1 unspecified atom stereocenters. The van der Waals surface area contributed by atoms with E-state index in [0.29, 0.717) is 31.2 Å². The molecule has 0 aromatic heterocycles. The van der Waals surface area contributed by atoms with Crippen molar-refractivity contribution in [2.24, 2.45) is 34.5 Å². The number of likely N-dealkylation sites (tertiary alicyclic amines) is 2. The average molecular weight is 771 g/mol. The van der Waals surface area contributed by atoms with Gasteiger partial charge in [-0.1, -0.05) is 93.1 Å². The molecule has 2 aliphatic carbocycles. The second-order valence-corrected chi connectivity index (χ2v) is 18.9. The predicted molar refractivity (Wildman–Crippen MR) is 211 cm³/mol. The largest absolute Gasteiger partial charge is 0.364 e. The Bertz CT molecular complexity index is 1360. The summed E-state index contributed by atoms with van der Waals surface area (Å²) < 4.78 is 6.38. The van der Waals surface area contributed by atoms with Crippen molar-refractivity contribution >= 4 is 35.4 Å². The summed E-state index contributed by atoms with van der Waals surface area (Å²) in [6.45, 7) is 19.0. The van der Waals surface area contributed by atoms with Gasteiger partial charge in [-0.15, -0.1) is 6.58 Å². The Morgan fingerprint density at radius 3 is 2.15 bits per heavy atom. The minimum atomic E-state index is -0.892. The van der Waals surface area contributed by atoms with E-state index in [0.717, 1.165) is 51.4 Å². The number of carbonyl (C=O) groups is 6. The van der Waals surface area contributed by atoms with Gasteiger partial charge in [0.2, 0.25) is 23.5 Å². The molecular weight excluding hydrogens is 700 g/mol. The fourth-order valence-electron chi connectivity index (χ4n) is 8.44. The lowest BCUT2D eigenvalue weighted by molar-refractivity contribution is -0.153. The Kier molecular flexibility index (Phi) is 15.9. The van der Waals surface area contributed by atoms with Crippen molar-refractivity contribution in [3.63, 3.8) is 0 Å². The molecule has 13 heteroatoms. The third kappa shape index (κ3) is 12.8. The lowest BCUT2D eigenvalue weighted by atomic mass is 9.80. The van der Waals surface area contributed by atoms with Crippen LogP contribution in [0.2, 0.25) is 0 Å². The summed E-state index contributed by atoms with van der Waals surface area (Å²) in [5, 5.41) is 11.8. The first kappa shape index (κ1) is 44.4. The molecule has 2 saturated heterocycles. The molecule has 6 amide bonds. The molecule has 13 nitrogen and oxygen atoms in total. The number of rotatable bonds is 18. The fraction of sp³-hybridized carbons (Fsp3) is 0.810. The van der Waals surface area contributed by atoms with Gasteiger partial charge in [0, 0.05) is 32.5 Å². The van der Waals surface area contributed by atoms with Crippen molar-refractivity contribution in [3.8, 4) is 0 Å². The molecule has 310 valence electrons. The summed E-state index contributed by atoms with van der Waals surface area (Å²) in [5.41, 5.74) is -0.814. The highest BCUT2D eigenvalue weighted by atomic mass is 16.5. The van der Waals surface area contributed by atoms with Gasteiger partial charge in [-0.05, 0) is 60.2 Å². The third-order valence-corrected chi connectivity index (χ3v) is 12.4. The van der Waals surface area contributed by atoms with Crippen molar-refractivity contribution in [2.45, 2.75) is 150 Å². The number of carbonyl (C=O) groups excluding carboxylic acids is 6. The number of hydrogen-bond donors (Lipinski definition) is 4. The highest BCUT2D eigenvalue weighted by Gasteiger charge is 2.42. The molecule has 55 heavy (non-hydrogen) atoms. The van der Waals surface area contributed by atoms with Crippen molar-refractivity contribution < 1.29 is 33.5 Å². The lowest BCUT2D eigenvalue weighted by Crippen LogP contribution is -2.59. The minimum Gasteiger partial charge on any atom is -0.364 e. The summed E-state index contributed by atoms with van der Waals surface area (Å²) in [7, 11) is 0. The minimum absolute atomic E-state index is 0.108. The van der Waals surface area contributed by atoms with Gasteiger partial charge < -0.3 is 26.0 Å². The maximum absolute atomic E-state index is 13.9. The number of nitrogens with zero attached hydrogens (tertiary/aromatic N) is 2. The lowest BCUT2D eigenvalue weighted by Gasteiger charge is -2.40. The Labute approximate surface area is 329 Å². The Morgan fingerprint density at radius 2 is 1.58 bits per heavy atom.